The van der Waals surface area contributed by atoms with E-state index in [1.54, 1.807) is 36.3 Å². The van der Waals surface area contributed by atoms with E-state index in [9.17, 15) is 9.90 Å². The van der Waals surface area contributed by atoms with E-state index in [2.05, 4.69) is 5.32 Å². The summed E-state index contributed by atoms with van der Waals surface area (Å²) in [5.74, 6) is 0.739. The Morgan fingerprint density at radius 3 is 2.37 bits per heavy atom. The number of nitrogens with zero attached hydrogens (tertiary/aromatic N) is 1. The van der Waals surface area contributed by atoms with Crippen LogP contribution < -0.4 is 10.1 Å². The fourth-order valence-electron chi connectivity index (χ4n) is 1.75. The number of methoxy groups -OCH3 is 1. The Bertz CT molecular complexity index is 388. The number of rotatable bonds is 6. The van der Waals surface area contributed by atoms with Crippen LogP contribution in [-0.4, -0.2) is 42.8 Å². The number of carbonyl (C=O) groups is 1. The van der Waals surface area contributed by atoms with Gasteiger partial charge in [-0.3, -0.25) is 0 Å². The zero-order valence-corrected chi connectivity index (χ0v) is 11.7. The second-order valence-corrected chi connectivity index (χ2v) is 4.15. The Balaban J connectivity index is 2.50. The van der Waals surface area contributed by atoms with E-state index >= 15 is 0 Å². The number of hydrogen-bond acceptors (Lipinski definition) is 3. The Morgan fingerprint density at radius 1 is 1.32 bits per heavy atom. The van der Waals surface area contributed by atoms with Gasteiger partial charge in [0, 0.05) is 19.6 Å². The zero-order chi connectivity index (χ0) is 14.3. The first-order valence-corrected chi connectivity index (χ1v) is 6.47. The third kappa shape index (κ3) is 4.44. The van der Waals surface area contributed by atoms with E-state index in [1.807, 2.05) is 13.8 Å². The molecule has 0 saturated heterocycles. The Kier molecular flexibility index (Phi) is 6.15. The minimum atomic E-state index is -0.717. The van der Waals surface area contributed by atoms with Crippen LogP contribution in [0.5, 0.6) is 5.75 Å². The Labute approximate surface area is 114 Å². The summed E-state index contributed by atoms with van der Waals surface area (Å²) in [5, 5.41) is 12.7. The number of urea groups is 1. The number of aliphatic hydroxyl groups is 1. The van der Waals surface area contributed by atoms with Crippen LogP contribution >= 0.6 is 0 Å². The Morgan fingerprint density at radius 2 is 1.89 bits per heavy atom. The Hall–Kier alpha value is -1.75. The predicted octanol–water partition coefficient (Wildman–Crippen LogP) is 1.78. The maximum absolute atomic E-state index is 11.7. The van der Waals surface area contributed by atoms with Gasteiger partial charge in [-0.15, -0.1) is 0 Å². The van der Waals surface area contributed by atoms with E-state index in [0.29, 0.717) is 13.1 Å². The quantitative estimate of drug-likeness (QED) is 0.825. The molecule has 0 fully saturated rings. The summed E-state index contributed by atoms with van der Waals surface area (Å²) in [6, 6.07) is 6.98. The highest BCUT2D eigenvalue weighted by molar-refractivity contribution is 5.74. The van der Waals surface area contributed by atoms with Crippen molar-refractivity contribution >= 4 is 6.03 Å². The molecule has 0 aliphatic heterocycles. The highest BCUT2D eigenvalue weighted by Crippen LogP contribution is 2.16. The molecule has 0 aliphatic rings. The number of benzene rings is 1. The van der Waals surface area contributed by atoms with Gasteiger partial charge in [0.2, 0.25) is 0 Å². The van der Waals surface area contributed by atoms with Crippen LogP contribution in [0.15, 0.2) is 24.3 Å². The lowest BCUT2D eigenvalue weighted by Crippen LogP contribution is -2.41. The molecule has 5 nitrogen and oxygen atoms in total. The van der Waals surface area contributed by atoms with Gasteiger partial charge in [0.1, 0.15) is 5.75 Å². The molecule has 2 amide bonds. The molecule has 0 radical (unpaired) electrons. The summed E-state index contributed by atoms with van der Waals surface area (Å²) in [5.41, 5.74) is 0.751. The standard InChI is InChI=1S/C14H22N2O3/c1-4-16(5-2)14(18)15-10-13(17)11-6-8-12(19-3)9-7-11/h6-9,13,17H,4-5,10H2,1-3H3,(H,15,18). The van der Waals surface area contributed by atoms with Crippen LogP contribution in [0.4, 0.5) is 4.79 Å². The largest absolute Gasteiger partial charge is 0.497 e. The summed E-state index contributed by atoms with van der Waals surface area (Å²) < 4.78 is 5.05. The lowest BCUT2D eigenvalue weighted by molar-refractivity contribution is 0.163. The van der Waals surface area contributed by atoms with Crippen LogP contribution in [0.3, 0.4) is 0 Å². The summed E-state index contributed by atoms with van der Waals surface area (Å²) in [6.45, 7) is 5.34. The molecule has 1 atom stereocenters. The van der Waals surface area contributed by atoms with Gasteiger partial charge in [-0.25, -0.2) is 4.79 Å². The molecule has 1 aromatic carbocycles. The predicted molar refractivity (Wildman–Crippen MR) is 74.3 cm³/mol. The van der Waals surface area contributed by atoms with Crippen molar-refractivity contribution in [1.29, 1.82) is 0 Å². The van der Waals surface area contributed by atoms with E-state index in [-0.39, 0.29) is 12.6 Å². The average Bonchev–Trinajstić information content (AvgIpc) is 2.46. The highest BCUT2D eigenvalue weighted by atomic mass is 16.5. The molecular weight excluding hydrogens is 244 g/mol. The molecule has 1 aromatic rings. The van der Waals surface area contributed by atoms with Crippen molar-refractivity contribution in [2.75, 3.05) is 26.7 Å². The van der Waals surface area contributed by atoms with Crippen molar-refractivity contribution < 1.29 is 14.6 Å². The number of hydrogen-bond donors (Lipinski definition) is 2. The van der Waals surface area contributed by atoms with Crippen molar-refractivity contribution in [2.45, 2.75) is 20.0 Å². The van der Waals surface area contributed by atoms with Crippen LogP contribution in [0, 0.1) is 0 Å². The van der Waals surface area contributed by atoms with Gasteiger partial charge in [-0.1, -0.05) is 12.1 Å². The molecule has 0 bridgehead atoms. The van der Waals surface area contributed by atoms with Gasteiger partial charge < -0.3 is 20.1 Å². The number of ether oxygens (including phenoxy) is 1. The summed E-state index contributed by atoms with van der Waals surface area (Å²) in [7, 11) is 1.59. The molecule has 19 heavy (non-hydrogen) atoms. The molecular formula is C14H22N2O3. The van der Waals surface area contributed by atoms with Crippen LogP contribution in [0.25, 0.3) is 0 Å². The van der Waals surface area contributed by atoms with Crippen LogP contribution in [0.2, 0.25) is 0 Å². The second-order valence-electron chi connectivity index (χ2n) is 4.15. The maximum Gasteiger partial charge on any atom is 0.317 e. The van der Waals surface area contributed by atoms with E-state index in [4.69, 9.17) is 4.74 Å². The fraction of sp³-hybridized carbons (Fsp3) is 0.500. The molecule has 0 heterocycles. The lowest BCUT2D eigenvalue weighted by Gasteiger charge is -2.20. The molecule has 2 N–H and O–H groups in total. The van der Waals surface area contributed by atoms with Crippen molar-refractivity contribution in [3.63, 3.8) is 0 Å². The molecule has 0 aliphatic carbocycles. The smallest absolute Gasteiger partial charge is 0.317 e. The van der Waals surface area contributed by atoms with Crippen molar-refractivity contribution in [3.8, 4) is 5.75 Å². The van der Waals surface area contributed by atoms with Crippen LogP contribution in [-0.2, 0) is 0 Å². The first kappa shape index (κ1) is 15.3. The van der Waals surface area contributed by atoms with Gasteiger partial charge in [-0.2, -0.15) is 0 Å². The average molecular weight is 266 g/mol. The molecule has 106 valence electrons. The van der Waals surface area contributed by atoms with Gasteiger partial charge in [0.05, 0.1) is 13.2 Å². The first-order chi connectivity index (χ1) is 9.12. The molecule has 0 aromatic heterocycles. The van der Waals surface area contributed by atoms with Gasteiger partial charge in [-0.05, 0) is 31.5 Å². The number of amides is 2. The van der Waals surface area contributed by atoms with Crippen molar-refractivity contribution in [2.24, 2.45) is 0 Å². The summed E-state index contributed by atoms with van der Waals surface area (Å²) in [6.07, 6.45) is -0.717. The van der Waals surface area contributed by atoms with Crippen molar-refractivity contribution in [3.05, 3.63) is 29.8 Å². The monoisotopic (exact) mass is 266 g/mol. The highest BCUT2D eigenvalue weighted by Gasteiger charge is 2.12. The van der Waals surface area contributed by atoms with Gasteiger partial charge >= 0.3 is 6.03 Å². The number of aliphatic hydroxyl groups excluding tert-OH is 1. The third-order valence-electron chi connectivity index (χ3n) is 3.00. The van der Waals surface area contributed by atoms with E-state index in [0.717, 1.165) is 11.3 Å². The third-order valence-corrected chi connectivity index (χ3v) is 3.00. The summed E-state index contributed by atoms with van der Waals surface area (Å²) in [4.78, 5) is 13.4. The topological polar surface area (TPSA) is 61.8 Å². The first-order valence-electron chi connectivity index (χ1n) is 6.47. The molecule has 1 unspecified atom stereocenters. The minimum Gasteiger partial charge on any atom is -0.497 e. The zero-order valence-electron chi connectivity index (χ0n) is 11.7. The molecule has 0 spiro atoms. The van der Waals surface area contributed by atoms with Crippen molar-refractivity contribution in [1.82, 2.24) is 10.2 Å². The van der Waals surface area contributed by atoms with Crippen LogP contribution in [0.1, 0.15) is 25.5 Å². The number of nitrogens with one attached hydrogen (secondary N) is 1. The lowest BCUT2D eigenvalue weighted by atomic mass is 10.1. The van der Waals surface area contributed by atoms with Gasteiger partial charge in [0.25, 0.3) is 0 Å². The normalized spacial score (nSPS) is 11.8. The SMILES string of the molecule is CCN(CC)C(=O)NCC(O)c1ccc(OC)cc1. The molecule has 1 rings (SSSR count). The summed E-state index contributed by atoms with van der Waals surface area (Å²) >= 11 is 0. The van der Waals surface area contributed by atoms with E-state index in [1.165, 1.54) is 0 Å². The van der Waals surface area contributed by atoms with E-state index < -0.39 is 6.10 Å². The second kappa shape index (κ2) is 7.63. The minimum absolute atomic E-state index is 0.155. The molecule has 5 heteroatoms. The van der Waals surface area contributed by atoms with Gasteiger partial charge in [0.15, 0.2) is 0 Å². The molecule has 0 saturated carbocycles. The number of carbonyl (C=O) groups excluding carboxylic acids is 1. The fourth-order valence-corrected chi connectivity index (χ4v) is 1.75. The maximum atomic E-state index is 11.7.